The van der Waals surface area contributed by atoms with E-state index in [0.29, 0.717) is 0 Å². The zero-order valence-electron chi connectivity index (χ0n) is 19.7. The molecule has 3 aromatic rings. The van der Waals surface area contributed by atoms with Gasteiger partial charge in [0.15, 0.2) is 0 Å². The first kappa shape index (κ1) is 24.0. The Kier molecular flexibility index (Phi) is 7.83. The molecule has 33 heavy (non-hydrogen) atoms. The number of hydrogen-bond donors (Lipinski definition) is 1. The quantitative estimate of drug-likeness (QED) is 0.422. The maximum Gasteiger partial charge on any atom is 0.325 e. The summed E-state index contributed by atoms with van der Waals surface area (Å²) in [4.78, 5) is 28.0. The van der Waals surface area contributed by atoms with Gasteiger partial charge in [-0.2, -0.15) is 0 Å². The molecule has 0 unspecified atom stereocenters. The largest absolute Gasteiger partial charge is 0.331 e. The summed E-state index contributed by atoms with van der Waals surface area (Å²) in [6, 6.07) is 28.2. The van der Waals surface area contributed by atoms with Crippen LogP contribution in [0.15, 0.2) is 103 Å². The van der Waals surface area contributed by atoms with Crippen LogP contribution in [0.1, 0.15) is 56.5 Å². The first-order valence-corrected chi connectivity index (χ1v) is 11.3. The second kappa shape index (κ2) is 10.8. The van der Waals surface area contributed by atoms with Gasteiger partial charge in [0, 0.05) is 11.5 Å². The van der Waals surface area contributed by atoms with Crippen LogP contribution < -0.4 is 5.32 Å². The topological polar surface area (TPSA) is 49.4 Å². The van der Waals surface area contributed by atoms with Crippen molar-refractivity contribution >= 4 is 11.9 Å². The van der Waals surface area contributed by atoms with E-state index in [9.17, 15) is 9.59 Å². The van der Waals surface area contributed by atoms with Gasteiger partial charge in [0.05, 0.1) is 12.1 Å². The van der Waals surface area contributed by atoms with Crippen LogP contribution in [-0.4, -0.2) is 16.8 Å². The van der Waals surface area contributed by atoms with Crippen LogP contribution in [0.2, 0.25) is 0 Å². The summed E-state index contributed by atoms with van der Waals surface area (Å²) in [6.07, 6.45) is 3.38. The molecule has 1 N–H and O–H groups in total. The molecule has 3 amide bonds. The molecule has 0 aliphatic heterocycles. The average molecular weight is 441 g/mol. The van der Waals surface area contributed by atoms with Crippen LogP contribution in [0.25, 0.3) is 0 Å². The van der Waals surface area contributed by atoms with E-state index < -0.39 is 12.1 Å². The highest BCUT2D eigenvalue weighted by molar-refractivity contribution is 6.01. The Morgan fingerprint density at radius 1 is 0.788 bits per heavy atom. The second-order valence-corrected chi connectivity index (χ2v) is 8.80. The third-order valence-electron chi connectivity index (χ3n) is 5.93. The standard InChI is InChI=1S/C29H32N2O2/c1-22(24-14-8-5-9-15-24)30-28(33)31(23(2)25-16-10-6-11-17-25)27(32)20-21-29(3,4)26-18-12-7-13-19-26/h5-23H,1-4H3,(H,30,33)/b21-20+/t22-,23-/m0/s1. The van der Waals surface area contributed by atoms with E-state index in [0.717, 1.165) is 16.7 Å². The van der Waals surface area contributed by atoms with Gasteiger partial charge in [-0.25, -0.2) is 4.79 Å². The zero-order chi connectivity index (χ0) is 23.8. The minimum absolute atomic E-state index is 0.235. The lowest BCUT2D eigenvalue weighted by Gasteiger charge is -2.29. The molecule has 0 fully saturated rings. The van der Waals surface area contributed by atoms with E-state index in [4.69, 9.17) is 0 Å². The van der Waals surface area contributed by atoms with Gasteiger partial charge in [0.25, 0.3) is 5.91 Å². The van der Waals surface area contributed by atoms with E-state index in [1.807, 2.05) is 111 Å². The van der Waals surface area contributed by atoms with Gasteiger partial charge >= 0.3 is 6.03 Å². The number of imide groups is 1. The van der Waals surface area contributed by atoms with Crippen LogP contribution in [0.4, 0.5) is 4.79 Å². The number of amides is 3. The molecule has 0 bridgehead atoms. The van der Waals surface area contributed by atoms with Crippen LogP contribution >= 0.6 is 0 Å². The number of carbonyl (C=O) groups excluding carboxylic acids is 2. The molecule has 3 aromatic carbocycles. The molecule has 170 valence electrons. The van der Waals surface area contributed by atoms with Crippen LogP contribution in [0, 0.1) is 0 Å². The van der Waals surface area contributed by atoms with Crippen molar-refractivity contribution in [1.82, 2.24) is 10.2 Å². The summed E-state index contributed by atoms with van der Waals surface area (Å²) in [5, 5.41) is 2.99. The molecule has 2 atom stereocenters. The number of allylic oxidation sites excluding steroid dienone is 1. The molecule has 0 heterocycles. The van der Waals surface area contributed by atoms with Crippen molar-refractivity contribution < 1.29 is 9.59 Å². The Morgan fingerprint density at radius 2 is 1.27 bits per heavy atom. The van der Waals surface area contributed by atoms with Gasteiger partial charge in [0.1, 0.15) is 0 Å². The van der Waals surface area contributed by atoms with Gasteiger partial charge < -0.3 is 5.32 Å². The third-order valence-corrected chi connectivity index (χ3v) is 5.93. The highest BCUT2D eigenvalue weighted by Crippen LogP contribution is 2.26. The zero-order valence-corrected chi connectivity index (χ0v) is 19.7. The Bertz CT molecular complexity index is 1080. The predicted molar refractivity (Wildman–Crippen MR) is 134 cm³/mol. The Balaban J connectivity index is 1.86. The average Bonchev–Trinajstić information content (AvgIpc) is 2.84. The summed E-state index contributed by atoms with van der Waals surface area (Å²) >= 11 is 0. The SMILES string of the molecule is C[C@H](NC(=O)N(C(=O)/C=C/C(C)(C)c1ccccc1)[C@@H](C)c1ccccc1)c1ccccc1. The maximum absolute atomic E-state index is 13.4. The van der Waals surface area contributed by atoms with Crippen molar-refractivity contribution in [2.45, 2.75) is 45.2 Å². The number of nitrogens with one attached hydrogen (secondary N) is 1. The van der Waals surface area contributed by atoms with Crippen LogP contribution in [0.3, 0.4) is 0 Å². The van der Waals surface area contributed by atoms with Crippen molar-refractivity contribution in [3.05, 3.63) is 120 Å². The summed E-state index contributed by atoms with van der Waals surface area (Å²) in [6.45, 7) is 7.89. The lowest BCUT2D eigenvalue weighted by atomic mass is 9.84. The number of benzene rings is 3. The van der Waals surface area contributed by atoms with E-state index >= 15 is 0 Å². The maximum atomic E-state index is 13.4. The van der Waals surface area contributed by atoms with Crippen LogP contribution in [0.5, 0.6) is 0 Å². The third kappa shape index (κ3) is 6.19. The van der Waals surface area contributed by atoms with Gasteiger partial charge in [0.2, 0.25) is 0 Å². The fraction of sp³-hybridized carbons (Fsp3) is 0.241. The van der Waals surface area contributed by atoms with Crippen molar-refractivity contribution in [2.75, 3.05) is 0 Å². The molecular weight excluding hydrogens is 408 g/mol. The number of hydrogen-bond acceptors (Lipinski definition) is 2. The summed E-state index contributed by atoms with van der Waals surface area (Å²) in [5.74, 6) is -0.354. The van der Waals surface area contributed by atoms with Crippen LogP contribution in [-0.2, 0) is 10.2 Å². The number of rotatable bonds is 7. The molecule has 4 heteroatoms. The molecule has 0 radical (unpaired) electrons. The molecule has 0 saturated carbocycles. The van der Waals surface area contributed by atoms with Gasteiger partial charge in [-0.05, 0) is 30.5 Å². The van der Waals surface area contributed by atoms with Crippen molar-refractivity contribution in [2.24, 2.45) is 0 Å². The Labute approximate surface area is 197 Å². The van der Waals surface area contributed by atoms with Crippen molar-refractivity contribution in [1.29, 1.82) is 0 Å². The molecule has 0 aliphatic rings. The minimum atomic E-state index is -0.425. The van der Waals surface area contributed by atoms with E-state index in [-0.39, 0.29) is 17.4 Å². The van der Waals surface area contributed by atoms with E-state index in [1.165, 1.54) is 11.0 Å². The minimum Gasteiger partial charge on any atom is -0.331 e. The monoisotopic (exact) mass is 440 g/mol. The van der Waals surface area contributed by atoms with Crippen molar-refractivity contribution in [3.63, 3.8) is 0 Å². The predicted octanol–water partition coefficient (Wildman–Crippen LogP) is 6.58. The molecule has 0 saturated heterocycles. The lowest BCUT2D eigenvalue weighted by molar-refractivity contribution is -0.124. The van der Waals surface area contributed by atoms with E-state index in [2.05, 4.69) is 19.2 Å². The molecule has 4 nitrogen and oxygen atoms in total. The first-order valence-electron chi connectivity index (χ1n) is 11.3. The highest BCUT2D eigenvalue weighted by Gasteiger charge is 2.28. The smallest absolute Gasteiger partial charge is 0.325 e. The van der Waals surface area contributed by atoms with Gasteiger partial charge in [-0.3, -0.25) is 9.69 Å². The molecule has 0 aromatic heterocycles. The Morgan fingerprint density at radius 3 is 1.82 bits per heavy atom. The molecule has 0 spiro atoms. The van der Waals surface area contributed by atoms with Gasteiger partial charge in [-0.15, -0.1) is 0 Å². The highest BCUT2D eigenvalue weighted by atomic mass is 16.2. The lowest BCUT2D eigenvalue weighted by Crippen LogP contribution is -2.45. The Hall–Kier alpha value is -3.66. The molecular formula is C29H32N2O2. The summed E-state index contributed by atoms with van der Waals surface area (Å²) < 4.78 is 0. The first-order chi connectivity index (χ1) is 15.8. The number of urea groups is 1. The van der Waals surface area contributed by atoms with Crippen molar-refractivity contribution in [3.8, 4) is 0 Å². The summed E-state index contributed by atoms with van der Waals surface area (Å²) in [5.41, 5.74) is 2.61. The van der Waals surface area contributed by atoms with Gasteiger partial charge in [-0.1, -0.05) is 111 Å². The fourth-order valence-electron chi connectivity index (χ4n) is 3.75. The fourth-order valence-corrected chi connectivity index (χ4v) is 3.75. The second-order valence-electron chi connectivity index (χ2n) is 8.80. The normalized spacial score (nSPS) is 13.3. The summed E-state index contributed by atoms with van der Waals surface area (Å²) in [7, 11) is 0. The number of nitrogens with zero attached hydrogens (tertiary/aromatic N) is 1. The molecule has 3 rings (SSSR count). The number of carbonyl (C=O) groups is 2. The molecule has 0 aliphatic carbocycles. The van der Waals surface area contributed by atoms with E-state index in [1.54, 1.807) is 0 Å².